The SMILES string of the molecule is CCc1nc(CC)n(CCOc2ccc(N)cc2)n1. The van der Waals surface area contributed by atoms with Gasteiger partial charge in [0.15, 0.2) is 5.82 Å². The lowest BCUT2D eigenvalue weighted by atomic mass is 10.3. The summed E-state index contributed by atoms with van der Waals surface area (Å²) in [5, 5.41) is 4.45. The van der Waals surface area contributed by atoms with Crippen LogP contribution in [-0.4, -0.2) is 21.4 Å². The lowest BCUT2D eigenvalue weighted by molar-refractivity contribution is 0.288. The number of nitrogens with two attached hydrogens (primary N) is 1. The highest BCUT2D eigenvalue weighted by Gasteiger charge is 2.06. The fourth-order valence-corrected chi connectivity index (χ4v) is 1.83. The van der Waals surface area contributed by atoms with Gasteiger partial charge in [-0.05, 0) is 24.3 Å². The normalized spacial score (nSPS) is 10.6. The van der Waals surface area contributed by atoms with E-state index in [1.54, 1.807) is 0 Å². The summed E-state index contributed by atoms with van der Waals surface area (Å²) in [6.07, 6.45) is 1.74. The van der Waals surface area contributed by atoms with Crippen molar-refractivity contribution in [2.24, 2.45) is 0 Å². The van der Waals surface area contributed by atoms with Gasteiger partial charge in [0.2, 0.25) is 0 Å². The molecule has 5 nitrogen and oxygen atoms in total. The zero-order valence-corrected chi connectivity index (χ0v) is 11.5. The highest BCUT2D eigenvalue weighted by atomic mass is 16.5. The quantitative estimate of drug-likeness (QED) is 0.807. The first kappa shape index (κ1) is 13.4. The molecular formula is C14H20N4O. The molecule has 102 valence electrons. The minimum atomic E-state index is 0.573. The summed E-state index contributed by atoms with van der Waals surface area (Å²) in [5.41, 5.74) is 6.36. The summed E-state index contributed by atoms with van der Waals surface area (Å²) in [6.45, 7) is 5.43. The zero-order chi connectivity index (χ0) is 13.7. The molecule has 1 heterocycles. The van der Waals surface area contributed by atoms with Crippen molar-refractivity contribution < 1.29 is 4.74 Å². The Morgan fingerprint density at radius 3 is 2.53 bits per heavy atom. The summed E-state index contributed by atoms with van der Waals surface area (Å²) in [7, 11) is 0. The van der Waals surface area contributed by atoms with Crippen LogP contribution in [0.5, 0.6) is 5.75 Å². The fourth-order valence-electron chi connectivity index (χ4n) is 1.83. The Bertz CT molecular complexity index is 519. The Labute approximate surface area is 113 Å². The van der Waals surface area contributed by atoms with E-state index in [2.05, 4.69) is 23.9 Å². The highest BCUT2D eigenvalue weighted by molar-refractivity contribution is 5.41. The summed E-state index contributed by atoms with van der Waals surface area (Å²) in [4.78, 5) is 4.46. The van der Waals surface area contributed by atoms with Crippen LogP contribution in [0.4, 0.5) is 5.69 Å². The van der Waals surface area contributed by atoms with Gasteiger partial charge in [0.25, 0.3) is 0 Å². The zero-order valence-electron chi connectivity index (χ0n) is 11.5. The van der Waals surface area contributed by atoms with Crippen molar-refractivity contribution in [1.29, 1.82) is 0 Å². The van der Waals surface area contributed by atoms with E-state index >= 15 is 0 Å². The van der Waals surface area contributed by atoms with E-state index in [9.17, 15) is 0 Å². The Morgan fingerprint density at radius 1 is 1.16 bits per heavy atom. The van der Waals surface area contributed by atoms with E-state index in [1.165, 1.54) is 0 Å². The molecule has 1 aromatic carbocycles. The van der Waals surface area contributed by atoms with Crippen molar-refractivity contribution >= 4 is 5.69 Å². The van der Waals surface area contributed by atoms with Crippen molar-refractivity contribution in [3.8, 4) is 5.75 Å². The molecule has 0 saturated heterocycles. The number of benzene rings is 1. The first-order chi connectivity index (χ1) is 9.22. The van der Waals surface area contributed by atoms with Crippen LogP contribution in [-0.2, 0) is 19.4 Å². The number of anilines is 1. The molecule has 0 aliphatic carbocycles. The highest BCUT2D eigenvalue weighted by Crippen LogP contribution is 2.13. The number of rotatable bonds is 6. The molecule has 0 amide bonds. The standard InChI is InChI=1S/C14H20N4O/c1-3-13-16-14(4-2)18(17-13)9-10-19-12-7-5-11(15)6-8-12/h5-8H,3-4,9-10,15H2,1-2H3. The van der Waals surface area contributed by atoms with Crippen molar-refractivity contribution in [3.63, 3.8) is 0 Å². The van der Waals surface area contributed by atoms with Crippen LogP contribution < -0.4 is 10.5 Å². The third-order valence-electron chi connectivity index (χ3n) is 2.88. The number of aromatic nitrogens is 3. The molecule has 0 bridgehead atoms. The summed E-state index contributed by atoms with van der Waals surface area (Å²) < 4.78 is 7.59. The van der Waals surface area contributed by atoms with Crippen LogP contribution in [0.3, 0.4) is 0 Å². The number of hydrogen-bond donors (Lipinski definition) is 1. The molecule has 0 aliphatic rings. The average molecular weight is 260 g/mol. The monoisotopic (exact) mass is 260 g/mol. The van der Waals surface area contributed by atoms with Crippen molar-refractivity contribution in [1.82, 2.24) is 14.8 Å². The Balaban J connectivity index is 1.91. The van der Waals surface area contributed by atoms with Gasteiger partial charge in [-0.3, -0.25) is 0 Å². The molecule has 2 aromatic rings. The molecule has 0 aliphatic heterocycles. The van der Waals surface area contributed by atoms with E-state index < -0.39 is 0 Å². The van der Waals surface area contributed by atoms with E-state index in [0.717, 1.165) is 35.9 Å². The maximum Gasteiger partial charge on any atom is 0.150 e. The largest absolute Gasteiger partial charge is 0.492 e. The van der Waals surface area contributed by atoms with Gasteiger partial charge in [-0.15, -0.1) is 0 Å². The second-order valence-corrected chi connectivity index (χ2v) is 4.29. The number of nitrogens with zero attached hydrogens (tertiary/aromatic N) is 3. The van der Waals surface area contributed by atoms with Crippen molar-refractivity contribution in [2.75, 3.05) is 12.3 Å². The molecule has 5 heteroatoms. The predicted octanol–water partition coefficient (Wildman–Crippen LogP) is 2.06. The number of hydrogen-bond acceptors (Lipinski definition) is 4. The molecule has 2 rings (SSSR count). The van der Waals surface area contributed by atoms with Crippen LogP contribution in [0.2, 0.25) is 0 Å². The Kier molecular flexibility index (Phi) is 4.39. The molecule has 19 heavy (non-hydrogen) atoms. The van der Waals surface area contributed by atoms with Gasteiger partial charge in [-0.25, -0.2) is 9.67 Å². The third kappa shape index (κ3) is 3.47. The summed E-state index contributed by atoms with van der Waals surface area (Å²) in [6, 6.07) is 7.40. The van der Waals surface area contributed by atoms with Gasteiger partial charge >= 0.3 is 0 Å². The lowest BCUT2D eigenvalue weighted by Gasteiger charge is -2.07. The molecule has 0 saturated carbocycles. The van der Waals surface area contributed by atoms with Gasteiger partial charge in [-0.2, -0.15) is 5.10 Å². The fraction of sp³-hybridized carbons (Fsp3) is 0.429. The molecule has 0 fully saturated rings. The average Bonchev–Trinajstić information content (AvgIpc) is 2.83. The second-order valence-electron chi connectivity index (χ2n) is 4.29. The van der Waals surface area contributed by atoms with Crippen molar-refractivity contribution in [3.05, 3.63) is 35.9 Å². The van der Waals surface area contributed by atoms with Crippen LogP contribution in [0.1, 0.15) is 25.5 Å². The first-order valence-corrected chi connectivity index (χ1v) is 6.63. The predicted molar refractivity (Wildman–Crippen MR) is 75.1 cm³/mol. The van der Waals surface area contributed by atoms with Gasteiger partial charge in [0.05, 0.1) is 6.54 Å². The van der Waals surface area contributed by atoms with Crippen LogP contribution in [0.15, 0.2) is 24.3 Å². The van der Waals surface area contributed by atoms with Gasteiger partial charge in [0.1, 0.15) is 18.2 Å². The molecular weight excluding hydrogens is 240 g/mol. The van der Waals surface area contributed by atoms with E-state index in [4.69, 9.17) is 10.5 Å². The molecule has 1 aromatic heterocycles. The van der Waals surface area contributed by atoms with E-state index in [-0.39, 0.29) is 0 Å². The smallest absolute Gasteiger partial charge is 0.150 e. The molecule has 0 unspecified atom stereocenters. The van der Waals surface area contributed by atoms with Gasteiger partial charge in [-0.1, -0.05) is 13.8 Å². The van der Waals surface area contributed by atoms with Crippen molar-refractivity contribution in [2.45, 2.75) is 33.2 Å². The summed E-state index contributed by atoms with van der Waals surface area (Å²) in [5.74, 6) is 2.73. The topological polar surface area (TPSA) is 66.0 Å². The first-order valence-electron chi connectivity index (χ1n) is 6.63. The number of aryl methyl sites for hydroxylation is 2. The number of ether oxygens (including phenoxy) is 1. The van der Waals surface area contributed by atoms with E-state index in [1.807, 2.05) is 28.9 Å². The van der Waals surface area contributed by atoms with Gasteiger partial charge in [0, 0.05) is 18.5 Å². The third-order valence-corrected chi connectivity index (χ3v) is 2.88. The minimum absolute atomic E-state index is 0.573. The van der Waals surface area contributed by atoms with Crippen LogP contribution in [0, 0.1) is 0 Å². The Hall–Kier alpha value is -2.04. The maximum absolute atomic E-state index is 5.66. The minimum Gasteiger partial charge on any atom is -0.492 e. The van der Waals surface area contributed by atoms with Crippen LogP contribution in [0.25, 0.3) is 0 Å². The molecule has 0 radical (unpaired) electrons. The molecule has 2 N–H and O–H groups in total. The molecule has 0 spiro atoms. The molecule has 0 atom stereocenters. The van der Waals surface area contributed by atoms with Crippen LogP contribution >= 0.6 is 0 Å². The Morgan fingerprint density at radius 2 is 1.89 bits per heavy atom. The van der Waals surface area contributed by atoms with E-state index in [0.29, 0.717) is 13.2 Å². The summed E-state index contributed by atoms with van der Waals surface area (Å²) >= 11 is 0. The lowest BCUT2D eigenvalue weighted by Crippen LogP contribution is -2.12. The number of nitrogen functional groups attached to an aromatic ring is 1. The second kappa shape index (κ2) is 6.22. The van der Waals surface area contributed by atoms with Gasteiger partial charge < -0.3 is 10.5 Å². The maximum atomic E-state index is 5.66.